The van der Waals surface area contributed by atoms with Gasteiger partial charge in [0.15, 0.2) is 6.61 Å². The van der Waals surface area contributed by atoms with Crippen LogP contribution in [0, 0.1) is 5.92 Å². The van der Waals surface area contributed by atoms with Crippen molar-refractivity contribution in [3.05, 3.63) is 28.8 Å². The van der Waals surface area contributed by atoms with Crippen LogP contribution in [-0.2, 0) is 19.6 Å². The van der Waals surface area contributed by atoms with Gasteiger partial charge >= 0.3 is 12.0 Å². The molecule has 0 unspecified atom stereocenters. The first kappa shape index (κ1) is 24.1. The average Bonchev–Trinajstić information content (AvgIpc) is 3.21. The Morgan fingerprint density at radius 1 is 1.20 bits per heavy atom. The number of nitrogens with zero attached hydrogens (tertiary/aromatic N) is 1. The summed E-state index contributed by atoms with van der Waals surface area (Å²) in [5, 5.41) is 4.57. The zero-order chi connectivity index (χ0) is 22.3. The number of hydrogen-bond acceptors (Lipinski definition) is 6. The highest BCUT2D eigenvalue weighted by Gasteiger charge is 2.30. The van der Waals surface area contributed by atoms with Crippen LogP contribution in [-0.4, -0.2) is 56.9 Å². The summed E-state index contributed by atoms with van der Waals surface area (Å²) in [6.45, 7) is 4.52. The van der Waals surface area contributed by atoms with Crippen molar-refractivity contribution in [2.24, 2.45) is 5.92 Å². The molecule has 166 valence electrons. The molecule has 0 spiro atoms. The molecule has 0 saturated carbocycles. The summed E-state index contributed by atoms with van der Waals surface area (Å²) in [5.41, 5.74) is -0.0636. The molecule has 0 radical (unpaired) electrons. The molecule has 1 saturated heterocycles. The van der Waals surface area contributed by atoms with Crippen molar-refractivity contribution in [3.8, 4) is 0 Å². The Bertz CT molecular complexity index is 898. The van der Waals surface area contributed by atoms with E-state index < -0.39 is 34.5 Å². The van der Waals surface area contributed by atoms with Crippen molar-refractivity contribution in [3.63, 3.8) is 0 Å². The van der Waals surface area contributed by atoms with Crippen molar-refractivity contribution in [2.45, 2.75) is 38.0 Å². The van der Waals surface area contributed by atoms with Crippen LogP contribution < -0.4 is 10.6 Å². The van der Waals surface area contributed by atoms with E-state index in [-0.39, 0.29) is 15.5 Å². The molecule has 9 nitrogen and oxygen atoms in total. The summed E-state index contributed by atoms with van der Waals surface area (Å²) in [6, 6.07) is 3.06. The van der Waals surface area contributed by atoms with Gasteiger partial charge in [-0.05, 0) is 43.4 Å². The van der Waals surface area contributed by atoms with Gasteiger partial charge in [-0.3, -0.25) is 10.1 Å². The third-order valence-electron chi connectivity index (χ3n) is 4.44. The fourth-order valence-electron chi connectivity index (χ4n) is 2.79. The molecule has 0 aromatic heterocycles. The van der Waals surface area contributed by atoms with Gasteiger partial charge in [-0.15, -0.1) is 0 Å². The number of sulfonamides is 1. The van der Waals surface area contributed by atoms with E-state index in [9.17, 15) is 22.8 Å². The highest BCUT2D eigenvalue weighted by atomic mass is 35.5. The Morgan fingerprint density at radius 3 is 2.50 bits per heavy atom. The molecule has 1 heterocycles. The minimum absolute atomic E-state index is 0.00531. The van der Waals surface area contributed by atoms with Gasteiger partial charge in [0.1, 0.15) is 4.90 Å². The largest absolute Gasteiger partial charge is 0.452 e. The summed E-state index contributed by atoms with van der Waals surface area (Å²) < 4.78 is 31.7. The van der Waals surface area contributed by atoms with Crippen LogP contribution in [0.1, 0.15) is 43.5 Å². The molecule has 2 rings (SSSR count). The van der Waals surface area contributed by atoms with E-state index in [0.717, 1.165) is 25.3 Å². The maximum Gasteiger partial charge on any atom is 0.338 e. The number of imide groups is 1. The quantitative estimate of drug-likeness (QED) is 0.574. The normalized spacial score (nSPS) is 14.5. The van der Waals surface area contributed by atoms with E-state index in [2.05, 4.69) is 10.6 Å². The topological polar surface area (TPSA) is 122 Å². The van der Waals surface area contributed by atoms with Crippen LogP contribution in [0.3, 0.4) is 0 Å². The van der Waals surface area contributed by atoms with E-state index in [1.165, 1.54) is 16.4 Å². The van der Waals surface area contributed by atoms with Gasteiger partial charge in [0, 0.05) is 19.6 Å². The molecule has 2 N–H and O–H groups in total. The predicted molar refractivity (Wildman–Crippen MR) is 111 cm³/mol. The number of hydrogen-bond donors (Lipinski definition) is 2. The van der Waals surface area contributed by atoms with Gasteiger partial charge in [0.2, 0.25) is 10.0 Å². The Labute approximate surface area is 181 Å². The number of urea groups is 1. The molecule has 1 aromatic rings. The van der Waals surface area contributed by atoms with Gasteiger partial charge in [0.05, 0.1) is 10.6 Å². The molecule has 1 aliphatic heterocycles. The second-order valence-corrected chi connectivity index (χ2v) is 9.63. The van der Waals surface area contributed by atoms with Crippen LogP contribution in [0.15, 0.2) is 23.1 Å². The minimum Gasteiger partial charge on any atom is -0.452 e. The van der Waals surface area contributed by atoms with E-state index in [1.807, 2.05) is 13.8 Å². The molecule has 1 fully saturated rings. The second-order valence-electron chi connectivity index (χ2n) is 7.32. The summed E-state index contributed by atoms with van der Waals surface area (Å²) in [5.74, 6) is -1.30. The number of halogens is 1. The zero-order valence-electron chi connectivity index (χ0n) is 16.9. The molecule has 0 bridgehead atoms. The van der Waals surface area contributed by atoms with Crippen LogP contribution in [0.5, 0.6) is 0 Å². The smallest absolute Gasteiger partial charge is 0.338 e. The standard InChI is InChI=1S/C19H26ClN3O6S/c1-13(2)7-8-21-19(26)22-17(24)12-29-18(25)14-5-6-15(20)16(11-14)30(27,28)23-9-3-4-10-23/h5-6,11,13H,3-4,7-10,12H2,1-2H3,(H2,21,22,24,26). The fourth-order valence-corrected chi connectivity index (χ4v) is 4.81. The molecular weight excluding hydrogens is 434 g/mol. The number of carbonyl (C=O) groups is 3. The highest BCUT2D eigenvalue weighted by molar-refractivity contribution is 7.89. The Balaban J connectivity index is 1.94. The molecule has 1 aliphatic rings. The van der Waals surface area contributed by atoms with Crippen molar-refractivity contribution < 1.29 is 27.5 Å². The first-order valence-corrected chi connectivity index (χ1v) is 11.5. The Morgan fingerprint density at radius 2 is 1.87 bits per heavy atom. The molecule has 0 aliphatic carbocycles. The predicted octanol–water partition coefficient (Wildman–Crippen LogP) is 2.15. The van der Waals surface area contributed by atoms with Crippen LogP contribution in [0.25, 0.3) is 0 Å². The fraction of sp³-hybridized carbons (Fsp3) is 0.526. The summed E-state index contributed by atoms with van der Waals surface area (Å²) >= 11 is 6.04. The van der Waals surface area contributed by atoms with Gasteiger partial charge < -0.3 is 10.1 Å². The number of carbonyl (C=O) groups excluding carboxylic acids is 3. The number of benzene rings is 1. The number of nitrogens with one attached hydrogen (secondary N) is 2. The minimum atomic E-state index is -3.83. The van der Waals surface area contributed by atoms with Gasteiger partial charge in [-0.25, -0.2) is 18.0 Å². The van der Waals surface area contributed by atoms with E-state index in [4.69, 9.17) is 16.3 Å². The van der Waals surface area contributed by atoms with Gasteiger partial charge in [0.25, 0.3) is 5.91 Å². The zero-order valence-corrected chi connectivity index (χ0v) is 18.5. The summed E-state index contributed by atoms with van der Waals surface area (Å²) in [4.78, 5) is 35.4. The molecule has 3 amide bonds. The van der Waals surface area contributed by atoms with Crippen molar-refractivity contribution in [1.29, 1.82) is 0 Å². The van der Waals surface area contributed by atoms with Crippen molar-refractivity contribution in [1.82, 2.24) is 14.9 Å². The van der Waals surface area contributed by atoms with E-state index in [0.29, 0.717) is 25.6 Å². The van der Waals surface area contributed by atoms with Crippen LogP contribution in [0.2, 0.25) is 5.02 Å². The van der Waals surface area contributed by atoms with Crippen LogP contribution in [0.4, 0.5) is 4.79 Å². The number of ether oxygens (including phenoxy) is 1. The maximum atomic E-state index is 12.7. The lowest BCUT2D eigenvalue weighted by molar-refractivity contribution is -0.123. The number of esters is 1. The lowest BCUT2D eigenvalue weighted by Crippen LogP contribution is -2.42. The molecule has 30 heavy (non-hydrogen) atoms. The monoisotopic (exact) mass is 459 g/mol. The number of rotatable bonds is 8. The Hall–Kier alpha value is -2.17. The summed E-state index contributed by atoms with van der Waals surface area (Å²) in [6.07, 6.45) is 2.29. The van der Waals surface area contributed by atoms with Gasteiger partial charge in [-0.2, -0.15) is 4.31 Å². The SMILES string of the molecule is CC(C)CCNC(=O)NC(=O)COC(=O)c1ccc(Cl)c(S(=O)(=O)N2CCCC2)c1. The van der Waals surface area contributed by atoms with Crippen molar-refractivity contribution in [2.75, 3.05) is 26.2 Å². The van der Waals surface area contributed by atoms with Crippen molar-refractivity contribution >= 4 is 39.5 Å². The first-order valence-electron chi connectivity index (χ1n) is 9.65. The molecule has 1 aromatic carbocycles. The highest BCUT2D eigenvalue weighted by Crippen LogP contribution is 2.28. The first-order chi connectivity index (χ1) is 14.1. The molecule has 11 heteroatoms. The molecular formula is C19H26ClN3O6S. The average molecular weight is 460 g/mol. The molecule has 0 atom stereocenters. The Kier molecular flexibility index (Phi) is 8.63. The third kappa shape index (κ3) is 6.68. The second kappa shape index (κ2) is 10.7. The van der Waals surface area contributed by atoms with E-state index >= 15 is 0 Å². The van der Waals surface area contributed by atoms with Crippen LogP contribution >= 0.6 is 11.6 Å². The maximum absolute atomic E-state index is 12.7. The van der Waals surface area contributed by atoms with Gasteiger partial charge in [-0.1, -0.05) is 25.4 Å². The summed E-state index contributed by atoms with van der Waals surface area (Å²) in [7, 11) is -3.83. The lowest BCUT2D eigenvalue weighted by Gasteiger charge is -2.17. The third-order valence-corrected chi connectivity index (χ3v) is 6.82. The van der Waals surface area contributed by atoms with E-state index in [1.54, 1.807) is 0 Å². The lowest BCUT2D eigenvalue weighted by atomic mass is 10.1. The number of amides is 3.